The number of benzene rings is 1. The van der Waals surface area contributed by atoms with Crippen molar-refractivity contribution in [1.29, 1.82) is 5.26 Å². The fourth-order valence-corrected chi connectivity index (χ4v) is 6.52. The van der Waals surface area contributed by atoms with Crippen molar-refractivity contribution in [3.63, 3.8) is 0 Å². The molecule has 43 heavy (non-hydrogen) atoms. The molecule has 0 unspecified atom stereocenters. The summed E-state index contributed by atoms with van der Waals surface area (Å²) in [6, 6.07) is 2.09. The molecule has 0 radical (unpaired) electrons. The summed E-state index contributed by atoms with van der Waals surface area (Å²) in [6.45, 7) is 6.64. The van der Waals surface area contributed by atoms with E-state index in [1.165, 1.54) is 6.20 Å². The number of nitriles is 1. The first kappa shape index (κ1) is 29.1. The van der Waals surface area contributed by atoms with Gasteiger partial charge in [0, 0.05) is 34.5 Å². The monoisotopic (exact) mass is 608 g/mol. The molecule has 13 heteroatoms. The molecular weight excluding hydrogens is 578 g/mol. The first-order valence-corrected chi connectivity index (χ1v) is 14.6. The summed E-state index contributed by atoms with van der Waals surface area (Å²) < 4.78 is 48.7. The summed E-state index contributed by atoms with van der Waals surface area (Å²) in [5.41, 5.74) is 0.496. The van der Waals surface area contributed by atoms with Crippen molar-refractivity contribution in [3.05, 3.63) is 40.7 Å². The van der Waals surface area contributed by atoms with Crippen LogP contribution in [0.15, 0.2) is 12.4 Å². The van der Waals surface area contributed by atoms with Gasteiger partial charge in [-0.1, -0.05) is 0 Å². The number of thiophene rings is 1. The van der Waals surface area contributed by atoms with Crippen LogP contribution in [0.25, 0.3) is 32.2 Å². The van der Waals surface area contributed by atoms with Crippen LogP contribution in [0.1, 0.15) is 50.3 Å². The number of nitrogens with one attached hydrogen (secondary N) is 1. The lowest BCUT2D eigenvalue weighted by molar-refractivity contribution is 0.0636. The highest BCUT2D eigenvalue weighted by Gasteiger charge is 2.44. The number of nitrogens with zero attached hydrogens (tertiary/aromatic N) is 5. The van der Waals surface area contributed by atoms with E-state index >= 15 is 8.78 Å². The second-order valence-electron chi connectivity index (χ2n) is 12.3. The number of anilines is 1. The number of halogens is 2. The highest BCUT2D eigenvalue weighted by atomic mass is 32.1. The SMILES string of the molecule is CN(C)CC1(COc2ncc3c4c(c(-c5ncc(F)c6sc(NC(=O)OC(C)(C)C)c(C#N)c56)c(F)c3n2)COC4)CC1. The fraction of sp³-hybridized carbons (Fsp3) is 0.433. The molecule has 0 bridgehead atoms. The summed E-state index contributed by atoms with van der Waals surface area (Å²) in [5.74, 6) is -1.42. The number of amides is 1. The largest absolute Gasteiger partial charge is 0.463 e. The predicted octanol–water partition coefficient (Wildman–Crippen LogP) is 6.15. The molecule has 1 aliphatic heterocycles. The number of hydrogen-bond acceptors (Lipinski definition) is 10. The number of hydrogen-bond donors (Lipinski definition) is 1. The van der Waals surface area contributed by atoms with Gasteiger partial charge in [-0.05, 0) is 58.8 Å². The Morgan fingerprint density at radius 3 is 2.63 bits per heavy atom. The Kier molecular flexibility index (Phi) is 7.19. The fourth-order valence-electron chi connectivity index (χ4n) is 5.48. The summed E-state index contributed by atoms with van der Waals surface area (Å²) in [5, 5.41) is 13.3. The van der Waals surface area contributed by atoms with Crippen molar-refractivity contribution in [2.24, 2.45) is 5.41 Å². The number of carbonyl (C=O) groups excluding carboxylic acids is 1. The third kappa shape index (κ3) is 5.46. The molecule has 0 atom stereocenters. The zero-order chi connectivity index (χ0) is 30.7. The average molecular weight is 609 g/mol. The highest BCUT2D eigenvalue weighted by Crippen LogP contribution is 2.47. The minimum Gasteiger partial charge on any atom is -0.463 e. The van der Waals surface area contributed by atoms with Gasteiger partial charge in [-0.25, -0.2) is 18.6 Å². The molecule has 6 rings (SSSR count). The molecule has 1 saturated carbocycles. The Hall–Kier alpha value is -3.99. The summed E-state index contributed by atoms with van der Waals surface area (Å²) in [7, 11) is 4.02. The number of carbonyl (C=O) groups is 1. The molecule has 4 aromatic rings. The summed E-state index contributed by atoms with van der Waals surface area (Å²) in [4.78, 5) is 27.7. The predicted molar refractivity (Wildman–Crippen MR) is 157 cm³/mol. The van der Waals surface area contributed by atoms with Gasteiger partial charge >= 0.3 is 12.1 Å². The number of fused-ring (bicyclic) bond motifs is 4. The van der Waals surface area contributed by atoms with Gasteiger partial charge in [-0.3, -0.25) is 10.3 Å². The van der Waals surface area contributed by atoms with Crippen molar-refractivity contribution in [1.82, 2.24) is 19.9 Å². The maximum absolute atomic E-state index is 16.6. The van der Waals surface area contributed by atoms with Gasteiger partial charge < -0.3 is 19.1 Å². The zero-order valence-corrected chi connectivity index (χ0v) is 25.2. The third-order valence-corrected chi connectivity index (χ3v) is 8.54. The molecule has 1 aromatic carbocycles. The lowest BCUT2D eigenvalue weighted by Gasteiger charge is -2.20. The van der Waals surface area contributed by atoms with Crippen LogP contribution in [0, 0.1) is 28.4 Å². The molecule has 1 fully saturated rings. The third-order valence-electron chi connectivity index (χ3n) is 7.43. The summed E-state index contributed by atoms with van der Waals surface area (Å²) in [6.07, 6.45) is 3.76. The molecule has 1 N–H and O–H groups in total. The first-order valence-electron chi connectivity index (χ1n) is 13.8. The van der Waals surface area contributed by atoms with Gasteiger partial charge in [0.25, 0.3) is 0 Å². The van der Waals surface area contributed by atoms with Crippen LogP contribution >= 0.6 is 11.3 Å². The van der Waals surface area contributed by atoms with E-state index in [4.69, 9.17) is 14.2 Å². The molecule has 4 heterocycles. The molecule has 1 amide bonds. The molecular formula is C30H30F2N6O4S. The van der Waals surface area contributed by atoms with E-state index in [1.807, 2.05) is 20.2 Å². The minimum absolute atomic E-state index is 0.0156. The highest BCUT2D eigenvalue weighted by molar-refractivity contribution is 7.23. The molecule has 10 nitrogen and oxygen atoms in total. The molecule has 1 aliphatic carbocycles. The van der Waals surface area contributed by atoms with E-state index in [0.29, 0.717) is 23.1 Å². The second-order valence-corrected chi connectivity index (χ2v) is 13.3. The summed E-state index contributed by atoms with van der Waals surface area (Å²) >= 11 is 0.850. The van der Waals surface area contributed by atoms with Gasteiger partial charge in [0.2, 0.25) is 0 Å². The van der Waals surface area contributed by atoms with E-state index in [9.17, 15) is 10.1 Å². The van der Waals surface area contributed by atoms with Crippen LogP contribution < -0.4 is 10.1 Å². The van der Waals surface area contributed by atoms with Crippen LogP contribution in [0.3, 0.4) is 0 Å². The normalized spacial score (nSPS) is 15.5. The van der Waals surface area contributed by atoms with Crippen LogP contribution in [0.4, 0.5) is 18.6 Å². The number of ether oxygens (including phenoxy) is 3. The Morgan fingerprint density at radius 1 is 1.21 bits per heavy atom. The van der Waals surface area contributed by atoms with E-state index in [1.54, 1.807) is 20.8 Å². The number of pyridine rings is 1. The van der Waals surface area contributed by atoms with E-state index < -0.39 is 23.3 Å². The zero-order valence-electron chi connectivity index (χ0n) is 24.4. The van der Waals surface area contributed by atoms with Crippen LogP contribution in [-0.4, -0.2) is 58.8 Å². The van der Waals surface area contributed by atoms with Crippen molar-refractivity contribution in [2.75, 3.05) is 32.6 Å². The van der Waals surface area contributed by atoms with Gasteiger partial charge in [-0.2, -0.15) is 10.2 Å². The Labute approximate surface area is 250 Å². The van der Waals surface area contributed by atoms with Gasteiger partial charge in [0.15, 0.2) is 11.6 Å². The van der Waals surface area contributed by atoms with Crippen molar-refractivity contribution >= 4 is 43.4 Å². The lowest BCUT2D eigenvalue weighted by Crippen LogP contribution is -2.27. The Balaban J connectivity index is 1.47. The Bertz CT molecular complexity index is 1820. The first-order chi connectivity index (χ1) is 20.4. The number of rotatable bonds is 7. The maximum Gasteiger partial charge on any atom is 0.412 e. The Morgan fingerprint density at radius 2 is 1.95 bits per heavy atom. The van der Waals surface area contributed by atoms with E-state index in [-0.39, 0.29) is 62.1 Å². The topological polar surface area (TPSA) is 122 Å². The molecule has 2 aliphatic rings. The van der Waals surface area contributed by atoms with Gasteiger partial charge in [0.05, 0.1) is 42.0 Å². The standard InChI is InChI=1S/C30H30F2N6O4S/c1-29(2,3)42-28(39)37-26-15(8-33)21-24(34-10-19(31)25(21)43-26)20-18-12-40-11-17(18)16-9-35-27(36-23(16)22(20)32)41-14-30(6-7-30)13-38(4)5/h9-10H,6-7,11-14H2,1-5H3,(H,37,39). The smallest absolute Gasteiger partial charge is 0.412 e. The molecule has 0 saturated heterocycles. The van der Waals surface area contributed by atoms with Crippen molar-refractivity contribution < 1.29 is 27.8 Å². The average Bonchev–Trinajstić information content (AvgIpc) is 3.33. The lowest BCUT2D eigenvalue weighted by atomic mass is 9.94. The van der Waals surface area contributed by atoms with E-state index in [2.05, 4.69) is 25.2 Å². The molecule has 0 spiro atoms. The van der Waals surface area contributed by atoms with Crippen LogP contribution in [0.2, 0.25) is 0 Å². The quantitative estimate of drug-likeness (QED) is 0.263. The van der Waals surface area contributed by atoms with Gasteiger partial charge in [-0.15, -0.1) is 11.3 Å². The molecule has 3 aromatic heterocycles. The van der Waals surface area contributed by atoms with Crippen molar-refractivity contribution in [3.8, 4) is 23.3 Å². The van der Waals surface area contributed by atoms with Crippen LogP contribution in [0.5, 0.6) is 6.01 Å². The van der Waals surface area contributed by atoms with Gasteiger partial charge in [0.1, 0.15) is 22.2 Å². The second kappa shape index (κ2) is 10.6. The number of aromatic nitrogens is 3. The minimum atomic E-state index is -0.806. The van der Waals surface area contributed by atoms with Crippen molar-refractivity contribution in [2.45, 2.75) is 52.4 Å². The molecule has 224 valence electrons. The maximum atomic E-state index is 16.6. The van der Waals surface area contributed by atoms with E-state index in [0.717, 1.165) is 36.9 Å². The van der Waals surface area contributed by atoms with Crippen LogP contribution in [-0.2, 0) is 22.7 Å².